The molecule has 3 heterocycles. The Morgan fingerprint density at radius 2 is 0.917 bits per heavy atom. The number of thiophene rings is 1. The molecule has 60 heavy (non-hydrogen) atoms. The molecule has 9 rings (SSSR count). The third-order valence-corrected chi connectivity index (χ3v) is 15.6. The lowest BCUT2D eigenvalue weighted by molar-refractivity contribution is 0.332. The summed E-state index contributed by atoms with van der Waals surface area (Å²) in [5.74, 6) is 0. The molecule has 310 valence electrons. The van der Waals surface area contributed by atoms with E-state index in [-0.39, 0.29) is 39.2 Å². The van der Waals surface area contributed by atoms with Crippen molar-refractivity contribution < 1.29 is 0 Å². The van der Waals surface area contributed by atoms with Crippen LogP contribution in [-0.4, -0.2) is 6.71 Å². The molecule has 2 nitrogen and oxygen atoms in total. The molecule has 0 atom stereocenters. The molecule has 1 aromatic heterocycles. The van der Waals surface area contributed by atoms with Gasteiger partial charge in [-0.05, 0) is 144 Å². The zero-order chi connectivity index (χ0) is 43.3. The Hall–Kier alpha value is -4.28. The van der Waals surface area contributed by atoms with Crippen LogP contribution in [0.4, 0.5) is 34.1 Å². The van der Waals surface area contributed by atoms with Gasteiger partial charge in [-0.1, -0.05) is 147 Å². The molecule has 1 aliphatic carbocycles. The maximum atomic E-state index is 2.67. The van der Waals surface area contributed by atoms with Crippen molar-refractivity contribution in [3.63, 3.8) is 0 Å². The van der Waals surface area contributed by atoms with Gasteiger partial charge in [0.1, 0.15) is 0 Å². The van der Waals surface area contributed by atoms with Crippen molar-refractivity contribution in [2.24, 2.45) is 0 Å². The summed E-state index contributed by atoms with van der Waals surface area (Å²) in [5, 5.41) is 1.39. The van der Waals surface area contributed by atoms with E-state index in [1.807, 2.05) is 11.3 Å². The van der Waals surface area contributed by atoms with Crippen LogP contribution in [-0.2, 0) is 32.5 Å². The Balaban J connectivity index is 1.42. The fraction of sp³-hybridized carbons (Fsp3) is 0.429. The van der Waals surface area contributed by atoms with Crippen molar-refractivity contribution in [3.05, 3.63) is 124 Å². The summed E-state index contributed by atoms with van der Waals surface area (Å²) in [6.45, 7) is 38.0. The lowest BCUT2D eigenvalue weighted by Gasteiger charge is -2.45. The van der Waals surface area contributed by atoms with Gasteiger partial charge in [-0.2, -0.15) is 0 Å². The van der Waals surface area contributed by atoms with E-state index in [0.717, 1.165) is 0 Å². The maximum absolute atomic E-state index is 2.67. The summed E-state index contributed by atoms with van der Waals surface area (Å²) in [4.78, 5) is 5.29. The first kappa shape index (κ1) is 41.1. The molecule has 3 aliphatic rings. The average molecular weight is 811 g/mol. The van der Waals surface area contributed by atoms with Crippen LogP contribution in [0.5, 0.6) is 0 Å². The van der Waals surface area contributed by atoms with Gasteiger partial charge < -0.3 is 9.80 Å². The second kappa shape index (κ2) is 13.1. The van der Waals surface area contributed by atoms with Crippen molar-refractivity contribution in [1.29, 1.82) is 0 Å². The zero-order valence-electron chi connectivity index (χ0n) is 39.5. The first-order chi connectivity index (χ1) is 27.8. The Kier molecular flexibility index (Phi) is 8.99. The second-order valence-electron chi connectivity index (χ2n) is 23.9. The normalized spacial score (nSPS) is 17.0. The number of fused-ring (bicyclic) bond motifs is 7. The molecule has 0 fully saturated rings. The van der Waals surface area contributed by atoms with Gasteiger partial charge in [-0.25, -0.2) is 0 Å². The minimum atomic E-state index is -0.0796. The lowest BCUT2D eigenvalue weighted by atomic mass is 9.36. The van der Waals surface area contributed by atoms with Crippen LogP contribution in [0.2, 0.25) is 0 Å². The van der Waals surface area contributed by atoms with Gasteiger partial charge in [-0.15, -0.1) is 11.3 Å². The predicted molar refractivity (Wildman–Crippen MR) is 266 cm³/mol. The number of benzene rings is 5. The summed E-state index contributed by atoms with van der Waals surface area (Å²) < 4.78 is 2.85. The van der Waals surface area contributed by atoms with Gasteiger partial charge in [-0.3, -0.25) is 0 Å². The molecule has 0 bridgehead atoms. The van der Waals surface area contributed by atoms with Gasteiger partial charge in [0.2, 0.25) is 0 Å². The quantitative estimate of drug-likeness (QED) is 0.161. The highest BCUT2D eigenvalue weighted by atomic mass is 32.1. The Morgan fingerprint density at radius 3 is 1.42 bits per heavy atom. The lowest BCUT2D eigenvalue weighted by Crippen LogP contribution is -2.60. The van der Waals surface area contributed by atoms with Crippen LogP contribution < -0.4 is 25.5 Å². The van der Waals surface area contributed by atoms with Crippen LogP contribution in [0.15, 0.2) is 91.0 Å². The summed E-state index contributed by atoms with van der Waals surface area (Å²) in [7, 11) is 0. The number of hydrogen-bond acceptors (Lipinski definition) is 3. The van der Waals surface area contributed by atoms with Crippen molar-refractivity contribution >= 4 is 78.0 Å². The molecule has 0 spiro atoms. The number of rotatable bonds is 2. The molecule has 0 unspecified atom stereocenters. The molecule has 0 saturated carbocycles. The Bertz CT molecular complexity index is 2680. The summed E-state index contributed by atoms with van der Waals surface area (Å²) in [6, 6.07) is 36.7. The van der Waals surface area contributed by atoms with Crippen LogP contribution in [0.25, 0.3) is 10.1 Å². The molecule has 0 amide bonds. The first-order valence-corrected chi connectivity index (χ1v) is 23.3. The smallest absolute Gasteiger partial charge is 0.264 e. The van der Waals surface area contributed by atoms with E-state index in [1.54, 1.807) is 0 Å². The van der Waals surface area contributed by atoms with E-state index in [0.29, 0.717) is 0 Å². The standard InChI is InChI=1S/C56H67BN2S/c1-51(2,3)34-17-22-38(23-18-34)58-44-29-36(53(7,8)9)21-26-43(44)57-48-45(58)30-37(54(10,11)12)31-46(48)59(39-24-19-35(20-25-39)52(4,5)6)49-40-32-41-42(33-47(40)60-50(49)57)56(15,16)28-27-55(41,13)14/h17-26,29-33H,27-28H2,1-16H3. The highest BCUT2D eigenvalue weighted by molar-refractivity contribution is 7.33. The van der Waals surface area contributed by atoms with Crippen LogP contribution in [0.1, 0.15) is 157 Å². The van der Waals surface area contributed by atoms with Crippen molar-refractivity contribution in [2.45, 2.75) is 156 Å². The van der Waals surface area contributed by atoms with Gasteiger partial charge in [0.25, 0.3) is 6.71 Å². The summed E-state index contributed by atoms with van der Waals surface area (Å²) >= 11 is 2.04. The van der Waals surface area contributed by atoms with E-state index < -0.39 is 0 Å². The van der Waals surface area contributed by atoms with Gasteiger partial charge in [0.05, 0.1) is 5.69 Å². The van der Waals surface area contributed by atoms with E-state index in [9.17, 15) is 0 Å². The van der Waals surface area contributed by atoms with Gasteiger partial charge in [0, 0.05) is 43.3 Å². The van der Waals surface area contributed by atoms with Crippen molar-refractivity contribution in [1.82, 2.24) is 0 Å². The molecular formula is C56H67BN2S. The predicted octanol–water partition coefficient (Wildman–Crippen LogP) is 14.5. The molecule has 4 heteroatoms. The number of anilines is 6. The third-order valence-electron chi connectivity index (χ3n) is 14.4. The second-order valence-corrected chi connectivity index (χ2v) is 25.0. The van der Waals surface area contributed by atoms with Crippen LogP contribution in [0.3, 0.4) is 0 Å². The largest absolute Gasteiger partial charge is 0.311 e. The third kappa shape index (κ3) is 6.49. The van der Waals surface area contributed by atoms with E-state index >= 15 is 0 Å². The van der Waals surface area contributed by atoms with E-state index in [2.05, 4.69) is 212 Å². The number of hydrogen-bond donors (Lipinski definition) is 0. The van der Waals surface area contributed by atoms with Crippen molar-refractivity contribution in [3.8, 4) is 0 Å². The van der Waals surface area contributed by atoms with E-state index in [4.69, 9.17) is 0 Å². The summed E-state index contributed by atoms with van der Waals surface area (Å²) in [6.07, 6.45) is 2.40. The topological polar surface area (TPSA) is 6.48 Å². The van der Waals surface area contributed by atoms with E-state index in [1.165, 1.54) is 106 Å². The highest BCUT2D eigenvalue weighted by Crippen LogP contribution is 2.53. The fourth-order valence-corrected chi connectivity index (χ4v) is 11.5. The zero-order valence-corrected chi connectivity index (χ0v) is 40.3. The van der Waals surface area contributed by atoms with Crippen LogP contribution >= 0.6 is 11.3 Å². The van der Waals surface area contributed by atoms with Crippen molar-refractivity contribution in [2.75, 3.05) is 9.80 Å². The highest BCUT2D eigenvalue weighted by Gasteiger charge is 2.47. The Morgan fingerprint density at radius 1 is 0.483 bits per heavy atom. The molecule has 0 saturated heterocycles. The first-order valence-electron chi connectivity index (χ1n) is 22.5. The molecular weight excluding hydrogens is 744 g/mol. The maximum Gasteiger partial charge on any atom is 0.264 e. The monoisotopic (exact) mass is 811 g/mol. The Labute approximate surface area is 366 Å². The minimum absolute atomic E-state index is 0.000476. The number of nitrogens with zero attached hydrogens (tertiary/aromatic N) is 2. The molecule has 0 radical (unpaired) electrons. The minimum Gasteiger partial charge on any atom is -0.311 e. The van der Waals surface area contributed by atoms with Crippen LogP contribution in [0, 0.1) is 0 Å². The van der Waals surface area contributed by atoms with Gasteiger partial charge >= 0.3 is 0 Å². The molecule has 2 aliphatic heterocycles. The SMILES string of the molecule is CC(C)(C)c1ccc(N2c3cc(C(C)(C)C)ccc3B3c4sc5cc6c(cc5c4N(c4ccc(C(C)(C)C)cc4)c4cc(C(C)(C)C)cc2c43)C(C)(C)CCC6(C)C)cc1. The molecule has 5 aromatic carbocycles. The fourth-order valence-electron chi connectivity index (χ4n) is 10.2. The molecule has 0 N–H and O–H groups in total. The summed E-state index contributed by atoms with van der Waals surface area (Å²) in [5.41, 5.74) is 19.3. The average Bonchev–Trinajstić information content (AvgIpc) is 3.53. The molecule has 6 aromatic rings. The van der Waals surface area contributed by atoms with Gasteiger partial charge in [0.15, 0.2) is 0 Å².